The summed E-state index contributed by atoms with van der Waals surface area (Å²) in [6, 6.07) is 11.3. The molecule has 0 spiro atoms. The van der Waals surface area contributed by atoms with Crippen LogP contribution in [0.25, 0.3) is 10.8 Å². The van der Waals surface area contributed by atoms with E-state index in [0.29, 0.717) is 0 Å². The van der Waals surface area contributed by atoms with Crippen LogP contribution in [0.4, 0.5) is 0 Å². The highest BCUT2D eigenvalue weighted by molar-refractivity contribution is 7.80. The first-order valence-corrected chi connectivity index (χ1v) is 5.75. The number of hydrogen-bond donors (Lipinski definition) is 2. The highest BCUT2D eigenvalue weighted by Crippen LogP contribution is 2.20. The molecule has 0 aromatic heterocycles. The summed E-state index contributed by atoms with van der Waals surface area (Å²) in [5.41, 5.74) is 0.972. The van der Waals surface area contributed by atoms with Gasteiger partial charge in [0.05, 0.1) is 0 Å². The molecule has 0 radical (unpaired) electrons. The lowest BCUT2D eigenvalue weighted by atomic mass is 10.1. The number of hydrogen-bond acceptors (Lipinski definition) is 2. The third kappa shape index (κ3) is 2.50. The zero-order valence-electron chi connectivity index (χ0n) is 8.77. The molecule has 2 heteroatoms. The van der Waals surface area contributed by atoms with Crippen LogP contribution in [-0.4, -0.2) is 10.9 Å². The maximum absolute atomic E-state index is 9.39. The van der Waals surface area contributed by atoms with Gasteiger partial charge >= 0.3 is 0 Å². The van der Waals surface area contributed by atoms with Crippen LogP contribution in [0.15, 0.2) is 36.4 Å². The van der Waals surface area contributed by atoms with Gasteiger partial charge in [-0.05, 0) is 35.0 Å². The Morgan fingerprint density at radius 3 is 2.69 bits per heavy atom. The maximum Gasteiger partial charge on any atom is 0.116 e. The molecule has 1 nitrogen and oxygen atoms in total. The van der Waals surface area contributed by atoms with Crippen molar-refractivity contribution in [3.63, 3.8) is 0 Å². The zero-order chi connectivity index (χ0) is 11.4. The van der Waals surface area contributed by atoms with Crippen LogP contribution in [-0.2, 0) is 0 Å². The van der Waals surface area contributed by atoms with Crippen molar-refractivity contribution >= 4 is 23.4 Å². The molecule has 0 unspecified atom stereocenters. The molecular formula is C14H12OS. The van der Waals surface area contributed by atoms with Gasteiger partial charge in [-0.3, -0.25) is 0 Å². The fourth-order valence-electron chi connectivity index (χ4n) is 1.53. The van der Waals surface area contributed by atoms with Gasteiger partial charge in [-0.15, -0.1) is 0 Å². The number of aromatic hydroxyl groups is 1. The van der Waals surface area contributed by atoms with Crippen LogP contribution in [0.5, 0.6) is 5.75 Å². The van der Waals surface area contributed by atoms with E-state index in [9.17, 15) is 5.11 Å². The van der Waals surface area contributed by atoms with Gasteiger partial charge in [0.25, 0.3) is 0 Å². The fraction of sp³-hybridized carbons (Fsp3) is 0.143. The standard InChI is InChI=1S/C14H12OS/c15-14-7-6-12-5-4-11(3-1-2-8-16)9-13(12)10-14/h4-7,9-10,15-16H,2,8H2. The molecule has 0 fully saturated rings. The first kappa shape index (κ1) is 10.9. The first-order chi connectivity index (χ1) is 7.79. The lowest BCUT2D eigenvalue weighted by Gasteiger charge is -1.99. The number of benzene rings is 2. The minimum Gasteiger partial charge on any atom is -0.508 e. The highest BCUT2D eigenvalue weighted by atomic mass is 32.1. The molecule has 0 amide bonds. The molecule has 2 aromatic carbocycles. The van der Waals surface area contributed by atoms with Crippen molar-refractivity contribution in [2.45, 2.75) is 6.42 Å². The molecule has 0 heterocycles. The second kappa shape index (κ2) is 4.96. The molecular weight excluding hydrogens is 216 g/mol. The Morgan fingerprint density at radius 1 is 1.06 bits per heavy atom. The van der Waals surface area contributed by atoms with Gasteiger partial charge in [0.2, 0.25) is 0 Å². The Bertz CT molecular complexity index is 564. The summed E-state index contributed by atoms with van der Waals surface area (Å²) in [5.74, 6) is 7.18. The predicted molar refractivity (Wildman–Crippen MR) is 71.0 cm³/mol. The van der Waals surface area contributed by atoms with E-state index in [-0.39, 0.29) is 5.75 Å². The molecule has 1 N–H and O–H groups in total. The fourth-order valence-corrected chi connectivity index (χ4v) is 1.64. The van der Waals surface area contributed by atoms with Gasteiger partial charge in [0.1, 0.15) is 5.75 Å². The van der Waals surface area contributed by atoms with Crippen molar-refractivity contribution in [2.24, 2.45) is 0 Å². The Hall–Kier alpha value is -1.59. The van der Waals surface area contributed by atoms with Crippen molar-refractivity contribution in [1.29, 1.82) is 0 Å². The van der Waals surface area contributed by atoms with Crippen molar-refractivity contribution in [2.75, 3.05) is 5.75 Å². The largest absolute Gasteiger partial charge is 0.508 e. The first-order valence-electron chi connectivity index (χ1n) is 5.12. The van der Waals surface area contributed by atoms with E-state index in [1.165, 1.54) is 0 Å². The highest BCUT2D eigenvalue weighted by Gasteiger charge is 1.95. The molecule has 0 saturated heterocycles. The topological polar surface area (TPSA) is 20.2 Å². The Morgan fingerprint density at radius 2 is 1.88 bits per heavy atom. The average Bonchev–Trinajstić information content (AvgIpc) is 2.29. The summed E-state index contributed by atoms with van der Waals surface area (Å²) in [7, 11) is 0. The molecule has 2 rings (SSSR count). The summed E-state index contributed by atoms with van der Waals surface area (Å²) in [6.45, 7) is 0. The minimum atomic E-state index is 0.285. The summed E-state index contributed by atoms with van der Waals surface area (Å²) in [4.78, 5) is 0. The number of rotatable bonds is 1. The Kier molecular flexibility index (Phi) is 3.38. The number of phenols is 1. The van der Waals surface area contributed by atoms with Crippen molar-refractivity contribution in [3.05, 3.63) is 42.0 Å². The molecule has 0 aliphatic rings. The molecule has 0 bridgehead atoms. The Balaban J connectivity index is 2.40. The van der Waals surface area contributed by atoms with E-state index < -0.39 is 0 Å². The lowest BCUT2D eigenvalue weighted by molar-refractivity contribution is 0.476. The van der Waals surface area contributed by atoms with E-state index in [0.717, 1.165) is 28.5 Å². The van der Waals surface area contributed by atoms with Crippen molar-refractivity contribution < 1.29 is 5.11 Å². The normalized spacial score (nSPS) is 9.81. The SMILES string of the molecule is Oc1ccc2ccc(C#CCCS)cc2c1. The third-order valence-electron chi connectivity index (χ3n) is 2.29. The van der Waals surface area contributed by atoms with Crippen LogP contribution in [0, 0.1) is 11.8 Å². The molecule has 0 aliphatic carbocycles. The van der Waals surface area contributed by atoms with Crippen LogP contribution >= 0.6 is 12.6 Å². The molecule has 80 valence electrons. The Labute approximate surface area is 101 Å². The van der Waals surface area contributed by atoms with Crippen molar-refractivity contribution in [1.82, 2.24) is 0 Å². The number of phenolic OH excluding ortho intramolecular Hbond substituents is 1. The molecule has 0 atom stereocenters. The molecule has 0 saturated carbocycles. The smallest absolute Gasteiger partial charge is 0.116 e. The number of fused-ring (bicyclic) bond motifs is 1. The molecule has 16 heavy (non-hydrogen) atoms. The average molecular weight is 228 g/mol. The monoisotopic (exact) mass is 228 g/mol. The van der Waals surface area contributed by atoms with Crippen LogP contribution < -0.4 is 0 Å². The van der Waals surface area contributed by atoms with E-state index in [4.69, 9.17) is 0 Å². The molecule has 2 aromatic rings. The maximum atomic E-state index is 9.39. The van der Waals surface area contributed by atoms with Crippen LogP contribution in [0.3, 0.4) is 0 Å². The van der Waals surface area contributed by atoms with Gasteiger partial charge in [0, 0.05) is 17.7 Å². The summed E-state index contributed by atoms with van der Waals surface area (Å²) >= 11 is 4.10. The van der Waals surface area contributed by atoms with Gasteiger partial charge in [-0.1, -0.05) is 24.0 Å². The number of thiol groups is 1. The van der Waals surface area contributed by atoms with Gasteiger partial charge in [-0.2, -0.15) is 12.6 Å². The second-order valence-electron chi connectivity index (χ2n) is 3.52. The van der Waals surface area contributed by atoms with Crippen molar-refractivity contribution in [3.8, 4) is 17.6 Å². The van der Waals surface area contributed by atoms with Gasteiger partial charge < -0.3 is 5.11 Å². The quantitative estimate of drug-likeness (QED) is 0.567. The van der Waals surface area contributed by atoms with E-state index in [2.05, 4.69) is 24.5 Å². The summed E-state index contributed by atoms with van der Waals surface area (Å²) in [6.07, 6.45) is 0.793. The van der Waals surface area contributed by atoms with E-state index in [1.807, 2.05) is 24.3 Å². The molecule has 0 aliphatic heterocycles. The zero-order valence-corrected chi connectivity index (χ0v) is 9.67. The summed E-state index contributed by atoms with van der Waals surface area (Å²) in [5, 5.41) is 11.5. The second-order valence-corrected chi connectivity index (χ2v) is 3.97. The third-order valence-corrected chi connectivity index (χ3v) is 2.52. The van der Waals surface area contributed by atoms with Crippen LogP contribution in [0.1, 0.15) is 12.0 Å². The van der Waals surface area contributed by atoms with Crippen LogP contribution in [0.2, 0.25) is 0 Å². The lowest BCUT2D eigenvalue weighted by Crippen LogP contribution is -1.77. The predicted octanol–water partition coefficient (Wildman–Crippen LogP) is 3.22. The minimum absolute atomic E-state index is 0.285. The van der Waals surface area contributed by atoms with E-state index >= 15 is 0 Å². The summed E-state index contributed by atoms with van der Waals surface area (Å²) < 4.78 is 0. The van der Waals surface area contributed by atoms with Gasteiger partial charge in [-0.25, -0.2) is 0 Å². The van der Waals surface area contributed by atoms with Gasteiger partial charge in [0.15, 0.2) is 0 Å². The van der Waals surface area contributed by atoms with E-state index in [1.54, 1.807) is 12.1 Å².